The predicted octanol–water partition coefficient (Wildman–Crippen LogP) is 4.53. The van der Waals surface area contributed by atoms with E-state index < -0.39 is 18.5 Å². The number of ether oxygens (including phenoxy) is 1. The first kappa shape index (κ1) is 22.2. The lowest BCUT2D eigenvalue weighted by molar-refractivity contribution is -0.133. The third-order valence-electron chi connectivity index (χ3n) is 4.58. The smallest absolute Gasteiger partial charge is 0.339 e. The lowest BCUT2D eigenvalue weighted by Crippen LogP contribution is -2.31. The van der Waals surface area contributed by atoms with Gasteiger partial charge in [0.2, 0.25) is 0 Å². The largest absolute Gasteiger partial charge is 0.452 e. The van der Waals surface area contributed by atoms with Gasteiger partial charge in [-0.3, -0.25) is 9.59 Å². The first-order valence-corrected chi connectivity index (χ1v) is 9.78. The summed E-state index contributed by atoms with van der Waals surface area (Å²) in [5, 5.41) is 0.493. The lowest BCUT2D eigenvalue weighted by atomic mass is 9.98. The summed E-state index contributed by atoms with van der Waals surface area (Å²) in [6.45, 7) is -0.248. The van der Waals surface area contributed by atoms with Crippen LogP contribution in [0.4, 0.5) is 4.39 Å². The van der Waals surface area contributed by atoms with E-state index >= 15 is 0 Å². The molecule has 0 radical (unpaired) electrons. The summed E-state index contributed by atoms with van der Waals surface area (Å²) in [6.07, 6.45) is 0. The Balaban J connectivity index is 1.65. The Bertz CT molecular complexity index is 1100. The number of rotatable bonds is 7. The molecular formula is C24H19ClFNO4. The van der Waals surface area contributed by atoms with Crippen LogP contribution in [0.5, 0.6) is 0 Å². The Hall–Kier alpha value is -3.51. The van der Waals surface area contributed by atoms with E-state index in [0.717, 1.165) is 5.56 Å². The van der Waals surface area contributed by atoms with E-state index in [1.807, 2.05) is 0 Å². The van der Waals surface area contributed by atoms with Gasteiger partial charge in [-0.25, -0.2) is 9.18 Å². The van der Waals surface area contributed by atoms with Crippen molar-refractivity contribution in [2.75, 3.05) is 13.7 Å². The van der Waals surface area contributed by atoms with Gasteiger partial charge in [0.25, 0.3) is 5.91 Å². The molecule has 31 heavy (non-hydrogen) atoms. The topological polar surface area (TPSA) is 63.7 Å². The second kappa shape index (κ2) is 10.00. The van der Waals surface area contributed by atoms with E-state index in [1.165, 1.54) is 29.2 Å². The summed E-state index contributed by atoms with van der Waals surface area (Å²) in [6, 6.07) is 18.3. The van der Waals surface area contributed by atoms with Gasteiger partial charge >= 0.3 is 5.97 Å². The number of amides is 1. The quantitative estimate of drug-likeness (QED) is 0.401. The van der Waals surface area contributed by atoms with E-state index in [1.54, 1.807) is 55.6 Å². The molecule has 158 valence electrons. The fourth-order valence-electron chi connectivity index (χ4n) is 2.88. The molecule has 3 rings (SSSR count). The number of nitrogens with zero attached hydrogens (tertiary/aromatic N) is 1. The van der Waals surface area contributed by atoms with Crippen molar-refractivity contribution >= 4 is 29.3 Å². The average molecular weight is 440 g/mol. The van der Waals surface area contributed by atoms with Crippen molar-refractivity contribution in [3.05, 3.63) is 106 Å². The predicted molar refractivity (Wildman–Crippen MR) is 114 cm³/mol. The molecule has 0 atom stereocenters. The monoisotopic (exact) mass is 439 g/mol. The maximum atomic E-state index is 13.0. The van der Waals surface area contributed by atoms with Crippen LogP contribution < -0.4 is 0 Å². The molecule has 0 spiro atoms. The molecule has 3 aromatic rings. The second-order valence-corrected chi connectivity index (χ2v) is 7.27. The molecule has 1 amide bonds. The molecule has 0 aliphatic rings. The van der Waals surface area contributed by atoms with Crippen molar-refractivity contribution in [2.45, 2.75) is 6.54 Å². The molecule has 5 nitrogen and oxygen atoms in total. The van der Waals surface area contributed by atoms with Crippen molar-refractivity contribution in [1.82, 2.24) is 4.90 Å². The number of carbonyl (C=O) groups is 3. The van der Waals surface area contributed by atoms with Gasteiger partial charge in [0.1, 0.15) is 5.82 Å². The summed E-state index contributed by atoms with van der Waals surface area (Å²) >= 11 is 5.86. The molecule has 7 heteroatoms. The molecule has 0 unspecified atom stereocenters. The van der Waals surface area contributed by atoms with Crippen LogP contribution in [0.3, 0.4) is 0 Å². The first-order chi connectivity index (χ1) is 14.8. The average Bonchev–Trinajstić information content (AvgIpc) is 2.78. The Labute approximate surface area is 184 Å². The van der Waals surface area contributed by atoms with Gasteiger partial charge in [-0.1, -0.05) is 41.9 Å². The molecule has 0 aliphatic heterocycles. The Kier molecular flexibility index (Phi) is 7.15. The maximum absolute atomic E-state index is 13.0. The van der Waals surface area contributed by atoms with Gasteiger partial charge in [-0.2, -0.15) is 0 Å². The number of halogens is 2. The van der Waals surface area contributed by atoms with E-state index in [0.29, 0.717) is 10.6 Å². The fourth-order valence-corrected chi connectivity index (χ4v) is 3.01. The van der Waals surface area contributed by atoms with Gasteiger partial charge < -0.3 is 9.64 Å². The van der Waals surface area contributed by atoms with Crippen LogP contribution in [0, 0.1) is 5.82 Å². The number of esters is 1. The van der Waals surface area contributed by atoms with Crippen LogP contribution in [0.2, 0.25) is 5.02 Å². The number of carbonyl (C=O) groups excluding carboxylic acids is 3. The number of benzene rings is 3. The van der Waals surface area contributed by atoms with E-state index in [4.69, 9.17) is 16.3 Å². The van der Waals surface area contributed by atoms with Crippen molar-refractivity contribution in [2.24, 2.45) is 0 Å². The maximum Gasteiger partial charge on any atom is 0.339 e. The molecule has 0 aliphatic carbocycles. The Morgan fingerprint density at radius 1 is 0.903 bits per heavy atom. The van der Waals surface area contributed by atoms with E-state index in [2.05, 4.69) is 0 Å². The zero-order valence-electron chi connectivity index (χ0n) is 16.7. The number of ketones is 1. The third kappa shape index (κ3) is 5.77. The van der Waals surface area contributed by atoms with Crippen LogP contribution in [0.25, 0.3) is 0 Å². The second-order valence-electron chi connectivity index (χ2n) is 6.83. The highest BCUT2D eigenvalue weighted by Crippen LogP contribution is 2.18. The van der Waals surface area contributed by atoms with Gasteiger partial charge in [-0.05, 0) is 48.0 Å². The molecule has 0 aromatic heterocycles. The molecule has 0 N–H and O–H groups in total. The fraction of sp³-hybridized carbons (Fsp3) is 0.125. The summed E-state index contributed by atoms with van der Waals surface area (Å²) in [4.78, 5) is 39.1. The molecule has 0 saturated heterocycles. The highest BCUT2D eigenvalue weighted by molar-refractivity contribution is 6.30. The van der Waals surface area contributed by atoms with E-state index in [9.17, 15) is 18.8 Å². The minimum absolute atomic E-state index is 0.0661. The van der Waals surface area contributed by atoms with Crippen LogP contribution in [-0.2, 0) is 16.1 Å². The molecule has 0 saturated carbocycles. The minimum atomic E-state index is -0.776. The van der Waals surface area contributed by atoms with Crippen LogP contribution >= 0.6 is 11.6 Å². The Morgan fingerprint density at radius 3 is 2.16 bits per heavy atom. The summed E-state index contributed by atoms with van der Waals surface area (Å²) in [7, 11) is 1.55. The van der Waals surface area contributed by atoms with Gasteiger partial charge in [0.05, 0.1) is 5.56 Å². The molecular weight excluding hydrogens is 421 g/mol. The normalized spacial score (nSPS) is 10.4. The van der Waals surface area contributed by atoms with Gasteiger partial charge in [0, 0.05) is 29.7 Å². The number of hydrogen-bond acceptors (Lipinski definition) is 4. The van der Waals surface area contributed by atoms with Crippen molar-refractivity contribution in [3.8, 4) is 0 Å². The SMILES string of the molecule is CN(Cc1ccc(F)cc1)C(=O)COC(=O)c1ccccc1C(=O)c1ccc(Cl)cc1. The molecule has 0 bridgehead atoms. The van der Waals surface area contributed by atoms with E-state index in [-0.39, 0.29) is 29.3 Å². The third-order valence-corrected chi connectivity index (χ3v) is 4.84. The van der Waals surface area contributed by atoms with Crippen molar-refractivity contribution in [3.63, 3.8) is 0 Å². The molecule has 3 aromatic carbocycles. The standard InChI is InChI=1S/C24H19ClFNO4/c1-27(14-16-6-12-19(26)13-7-16)22(28)15-31-24(30)21-5-3-2-4-20(21)23(29)17-8-10-18(25)11-9-17/h2-13H,14-15H2,1H3. The Morgan fingerprint density at radius 2 is 1.52 bits per heavy atom. The van der Waals surface area contributed by atoms with Crippen LogP contribution in [-0.4, -0.2) is 36.2 Å². The number of likely N-dealkylation sites (N-methyl/N-ethyl adjacent to an activating group) is 1. The van der Waals surface area contributed by atoms with Crippen molar-refractivity contribution < 1.29 is 23.5 Å². The number of hydrogen-bond donors (Lipinski definition) is 0. The van der Waals surface area contributed by atoms with Crippen LogP contribution in [0.1, 0.15) is 31.8 Å². The highest BCUT2D eigenvalue weighted by Gasteiger charge is 2.20. The van der Waals surface area contributed by atoms with Gasteiger partial charge in [0.15, 0.2) is 12.4 Å². The van der Waals surface area contributed by atoms with Crippen LogP contribution in [0.15, 0.2) is 72.8 Å². The van der Waals surface area contributed by atoms with Crippen molar-refractivity contribution in [1.29, 1.82) is 0 Å². The summed E-state index contributed by atoms with van der Waals surface area (Å²) in [5.74, 6) is -1.93. The highest BCUT2D eigenvalue weighted by atomic mass is 35.5. The van der Waals surface area contributed by atoms with Gasteiger partial charge in [-0.15, -0.1) is 0 Å². The molecule has 0 heterocycles. The minimum Gasteiger partial charge on any atom is -0.452 e. The zero-order valence-corrected chi connectivity index (χ0v) is 17.4. The molecule has 0 fully saturated rings. The summed E-state index contributed by atoms with van der Waals surface area (Å²) < 4.78 is 18.2. The first-order valence-electron chi connectivity index (χ1n) is 9.40. The summed E-state index contributed by atoms with van der Waals surface area (Å²) in [5.41, 5.74) is 1.35. The lowest BCUT2D eigenvalue weighted by Gasteiger charge is -2.17. The zero-order chi connectivity index (χ0) is 22.4.